The topological polar surface area (TPSA) is 104 Å². The Morgan fingerprint density at radius 3 is 2.38 bits per heavy atom. The molecule has 7 nitrogen and oxygen atoms in total. The van der Waals surface area contributed by atoms with Gasteiger partial charge in [-0.15, -0.1) is 0 Å². The van der Waals surface area contributed by atoms with Crippen LogP contribution in [-0.2, 0) is 4.79 Å². The zero-order chi connectivity index (χ0) is 21.0. The summed E-state index contributed by atoms with van der Waals surface area (Å²) in [6, 6.07) is 12.5. The molecule has 7 heteroatoms. The van der Waals surface area contributed by atoms with Crippen LogP contribution in [0.1, 0.15) is 68.9 Å². The molecule has 1 aliphatic heterocycles. The van der Waals surface area contributed by atoms with Gasteiger partial charge in [-0.1, -0.05) is 43.7 Å². The van der Waals surface area contributed by atoms with Gasteiger partial charge in [0.15, 0.2) is 0 Å². The number of unbranched alkanes of at least 4 members (excludes halogenated alkanes) is 1. The van der Waals surface area contributed by atoms with Gasteiger partial charge in [-0.25, -0.2) is 0 Å². The van der Waals surface area contributed by atoms with E-state index in [0.29, 0.717) is 18.5 Å². The number of carbonyl (C=O) groups excluding carboxylic acids is 3. The number of carboxylic acids is 1. The van der Waals surface area contributed by atoms with Crippen LogP contribution in [0.25, 0.3) is 0 Å². The fraction of sp³-hybridized carbons (Fsp3) is 0.273. The molecule has 2 aromatic rings. The van der Waals surface area contributed by atoms with Gasteiger partial charge in [-0.05, 0) is 30.2 Å². The number of hydrogen-bond acceptors (Lipinski definition) is 4. The minimum Gasteiger partial charge on any atom is -0.481 e. The van der Waals surface area contributed by atoms with Crippen LogP contribution in [0, 0.1) is 0 Å². The Bertz CT molecular complexity index is 955. The maximum absolute atomic E-state index is 12.7. The van der Waals surface area contributed by atoms with Crippen molar-refractivity contribution in [2.24, 2.45) is 0 Å². The molecule has 2 aromatic carbocycles. The average molecular weight is 394 g/mol. The van der Waals surface area contributed by atoms with Crippen LogP contribution in [0.3, 0.4) is 0 Å². The summed E-state index contributed by atoms with van der Waals surface area (Å²) in [7, 11) is 0. The van der Waals surface area contributed by atoms with Crippen LogP contribution < -0.4 is 5.32 Å². The van der Waals surface area contributed by atoms with Crippen molar-refractivity contribution in [2.45, 2.75) is 32.2 Å². The van der Waals surface area contributed by atoms with Crippen LogP contribution in [-0.4, -0.2) is 40.2 Å². The van der Waals surface area contributed by atoms with Crippen molar-refractivity contribution in [3.63, 3.8) is 0 Å². The third kappa shape index (κ3) is 4.34. The molecule has 29 heavy (non-hydrogen) atoms. The predicted molar refractivity (Wildman–Crippen MR) is 106 cm³/mol. The van der Waals surface area contributed by atoms with E-state index in [2.05, 4.69) is 5.32 Å². The summed E-state index contributed by atoms with van der Waals surface area (Å²) in [4.78, 5) is 50.1. The second-order valence-corrected chi connectivity index (χ2v) is 6.91. The molecule has 0 fully saturated rings. The number of rotatable bonds is 8. The molecule has 0 radical (unpaired) electrons. The Morgan fingerprint density at radius 1 is 1.03 bits per heavy atom. The van der Waals surface area contributed by atoms with E-state index < -0.39 is 23.8 Å². The molecule has 1 heterocycles. The van der Waals surface area contributed by atoms with Gasteiger partial charge < -0.3 is 10.4 Å². The molecule has 150 valence electrons. The third-order valence-electron chi connectivity index (χ3n) is 4.85. The standard InChI is InChI=1S/C22H22N2O5/c1-2-3-11-24-21(28)16-10-9-15(12-17(16)22(24)29)20(27)23-18(13-19(25)26)14-7-5-4-6-8-14/h4-10,12,18H,2-3,11,13H2,1H3,(H,23,27)(H,25,26). The average Bonchev–Trinajstić information content (AvgIpc) is 2.95. The van der Waals surface area contributed by atoms with Crippen molar-refractivity contribution in [1.29, 1.82) is 0 Å². The van der Waals surface area contributed by atoms with Crippen LogP contribution in [0.4, 0.5) is 0 Å². The minimum absolute atomic E-state index is 0.202. The highest BCUT2D eigenvalue weighted by molar-refractivity contribution is 6.22. The number of nitrogens with zero attached hydrogens (tertiary/aromatic N) is 1. The highest BCUT2D eigenvalue weighted by Crippen LogP contribution is 2.25. The van der Waals surface area contributed by atoms with Gasteiger partial charge in [-0.2, -0.15) is 0 Å². The number of carboxylic acid groups (broad SMARTS) is 1. The van der Waals surface area contributed by atoms with Gasteiger partial charge >= 0.3 is 5.97 Å². The zero-order valence-electron chi connectivity index (χ0n) is 16.1. The number of amides is 3. The number of imide groups is 1. The van der Waals surface area contributed by atoms with Crippen LogP contribution in [0.15, 0.2) is 48.5 Å². The van der Waals surface area contributed by atoms with Crippen molar-refractivity contribution in [2.75, 3.05) is 6.54 Å². The fourth-order valence-electron chi connectivity index (χ4n) is 3.31. The van der Waals surface area contributed by atoms with Gasteiger partial charge in [0, 0.05) is 12.1 Å². The smallest absolute Gasteiger partial charge is 0.305 e. The molecule has 3 amide bonds. The number of fused-ring (bicyclic) bond motifs is 1. The first-order chi connectivity index (χ1) is 13.9. The number of aliphatic carboxylic acids is 1. The molecule has 2 N–H and O–H groups in total. The molecule has 0 saturated carbocycles. The highest BCUT2D eigenvalue weighted by Gasteiger charge is 2.35. The molecule has 0 aliphatic carbocycles. The normalized spacial score (nSPS) is 13.9. The lowest BCUT2D eigenvalue weighted by Gasteiger charge is -2.17. The molecule has 1 aliphatic rings. The van der Waals surface area contributed by atoms with Gasteiger partial charge in [-0.3, -0.25) is 24.1 Å². The molecular formula is C22H22N2O5. The number of nitrogens with one attached hydrogen (secondary N) is 1. The van der Waals surface area contributed by atoms with Crippen molar-refractivity contribution >= 4 is 23.7 Å². The Labute approximate surface area is 168 Å². The summed E-state index contributed by atoms with van der Waals surface area (Å²) in [5.74, 6) is -2.30. The Balaban J connectivity index is 1.82. The molecule has 1 atom stereocenters. The summed E-state index contributed by atoms with van der Waals surface area (Å²) in [6.45, 7) is 2.32. The van der Waals surface area contributed by atoms with Crippen molar-refractivity contribution in [1.82, 2.24) is 10.2 Å². The summed E-state index contributed by atoms with van der Waals surface area (Å²) >= 11 is 0. The quantitative estimate of drug-likeness (QED) is 0.670. The minimum atomic E-state index is -1.04. The van der Waals surface area contributed by atoms with E-state index in [0.717, 1.165) is 6.42 Å². The molecule has 3 rings (SSSR count). The number of hydrogen-bond donors (Lipinski definition) is 2. The Hall–Kier alpha value is -3.48. The van der Waals surface area contributed by atoms with Gasteiger partial charge in [0.05, 0.1) is 23.6 Å². The first-order valence-corrected chi connectivity index (χ1v) is 9.50. The van der Waals surface area contributed by atoms with E-state index in [9.17, 15) is 24.3 Å². The lowest BCUT2D eigenvalue weighted by Crippen LogP contribution is -2.31. The van der Waals surface area contributed by atoms with Gasteiger partial charge in [0.2, 0.25) is 0 Å². The first kappa shape index (κ1) is 20.3. The van der Waals surface area contributed by atoms with Crippen molar-refractivity contribution in [3.8, 4) is 0 Å². The Kier molecular flexibility index (Phi) is 6.07. The second kappa shape index (κ2) is 8.68. The molecule has 0 bridgehead atoms. The summed E-state index contributed by atoms with van der Waals surface area (Å²) < 4.78 is 0. The van der Waals surface area contributed by atoms with Crippen LogP contribution >= 0.6 is 0 Å². The zero-order valence-corrected chi connectivity index (χ0v) is 16.1. The van der Waals surface area contributed by atoms with Crippen LogP contribution in [0.2, 0.25) is 0 Å². The summed E-state index contributed by atoms with van der Waals surface area (Å²) in [5, 5.41) is 11.9. The molecule has 0 aromatic heterocycles. The van der Waals surface area contributed by atoms with E-state index in [1.54, 1.807) is 30.3 Å². The SMILES string of the molecule is CCCCN1C(=O)c2ccc(C(=O)NC(CC(=O)O)c3ccccc3)cc2C1=O. The lowest BCUT2D eigenvalue weighted by atomic mass is 10.0. The first-order valence-electron chi connectivity index (χ1n) is 9.50. The van der Waals surface area contributed by atoms with Gasteiger partial charge in [0.25, 0.3) is 17.7 Å². The molecule has 0 saturated heterocycles. The fourth-order valence-corrected chi connectivity index (χ4v) is 3.31. The largest absolute Gasteiger partial charge is 0.481 e. The second-order valence-electron chi connectivity index (χ2n) is 6.91. The van der Waals surface area contributed by atoms with Crippen molar-refractivity contribution < 1.29 is 24.3 Å². The lowest BCUT2D eigenvalue weighted by molar-refractivity contribution is -0.137. The number of benzene rings is 2. The van der Waals surface area contributed by atoms with E-state index in [1.165, 1.54) is 23.1 Å². The molecule has 1 unspecified atom stereocenters. The highest BCUT2D eigenvalue weighted by atomic mass is 16.4. The van der Waals surface area contributed by atoms with Gasteiger partial charge in [0.1, 0.15) is 0 Å². The predicted octanol–water partition coefficient (Wildman–Crippen LogP) is 3.03. The van der Waals surface area contributed by atoms with E-state index in [-0.39, 0.29) is 29.0 Å². The monoisotopic (exact) mass is 394 g/mol. The Morgan fingerprint density at radius 2 is 1.72 bits per heavy atom. The summed E-state index contributed by atoms with van der Waals surface area (Å²) in [5.41, 5.74) is 1.36. The molecule has 0 spiro atoms. The van der Waals surface area contributed by atoms with Crippen LogP contribution in [0.5, 0.6) is 0 Å². The third-order valence-corrected chi connectivity index (χ3v) is 4.85. The maximum atomic E-state index is 12.7. The van der Waals surface area contributed by atoms with E-state index in [1.807, 2.05) is 6.92 Å². The van der Waals surface area contributed by atoms with E-state index >= 15 is 0 Å². The number of carbonyl (C=O) groups is 4. The molecular weight excluding hydrogens is 372 g/mol. The van der Waals surface area contributed by atoms with Crippen molar-refractivity contribution in [3.05, 3.63) is 70.8 Å². The summed E-state index contributed by atoms with van der Waals surface area (Å²) in [6.07, 6.45) is 1.29. The maximum Gasteiger partial charge on any atom is 0.305 e. The van der Waals surface area contributed by atoms with E-state index in [4.69, 9.17) is 0 Å².